The number of benzene rings is 3. The number of phenolic OH excluding ortho intramolecular Hbond substituents is 1. The number of aromatic hydroxyl groups is 1. The van der Waals surface area contributed by atoms with E-state index in [1.54, 1.807) is 24.3 Å². The second-order valence-corrected chi connectivity index (χ2v) is 5.66. The Hall–Kier alpha value is -1.58. The molecule has 3 aromatic carbocycles. The van der Waals surface area contributed by atoms with Crippen molar-refractivity contribution in [3.63, 3.8) is 0 Å². The first-order valence-electron chi connectivity index (χ1n) is 5.94. The van der Waals surface area contributed by atoms with Crippen LogP contribution in [0.25, 0.3) is 21.9 Å². The Balaban J connectivity index is 2.36. The fourth-order valence-electron chi connectivity index (χ4n) is 2.23. The molecule has 4 heteroatoms. The van der Waals surface area contributed by atoms with Crippen molar-refractivity contribution < 1.29 is 9.50 Å². The molecule has 0 aliphatic heterocycles. The van der Waals surface area contributed by atoms with E-state index in [1.165, 1.54) is 0 Å². The van der Waals surface area contributed by atoms with Crippen LogP contribution in [-0.4, -0.2) is 5.11 Å². The van der Waals surface area contributed by atoms with E-state index in [1.807, 2.05) is 24.3 Å². The molecule has 20 heavy (non-hydrogen) atoms. The van der Waals surface area contributed by atoms with Gasteiger partial charge in [0.25, 0.3) is 0 Å². The zero-order chi connectivity index (χ0) is 14.3. The Bertz CT molecular complexity index is 817. The molecular weight excluding hydrogens is 343 g/mol. The largest absolute Gasteiger partial charge is 0.507 e. The van der Waals surface area contributed by atoms with Crippen LogP contribution in [0.1, 0.15) is 0 Å². The van der Waals surface area contributed by atoms with Crippen LogP contribution in [0.15, 0.2) is 53.0 Å². The minimum absolute atomic E-state index is 0.0296. The number of hydrogen-bond acceptors (Lipinski definition) is 1. The van der Waals surface area contributed by atoms with Crippen molar-refractivity contribution in [1.82, 2.24) is 0 Å². The van der Waals surface area contributed by atoms with Crippen molar-refractivity contribution in [1.29, 1.82) is 0 Å². The van der Waals surface area contributed by atoms with E-state index < -0.39 is 5.82 Å². The summed E-state index contributed by atoms with van der Waals surface area (Å²) in [5.41, 5.74) is 0.580. The molecule has 100 valence electrons. The minimum Gasteiger partial charge on any atom is -0.507 e. The Morgan fingerprint density at radius 2 is 1.75 bits per heavy atom. The highest BCUT2D eigenvalue weighted by Crippen LogP contribution is 2.41. The molecule has 3 rings (SSSR count). The van der Waals surface area contributed by atoms with Gasteiger partial charge in [0.1, 0.15) is 11.6 Å². The van der Waals surface area contributed by atoms with Crippen LogP contribution in [0, 0.1) is 5.82 Å². The predicted molar refractivity (Wildman–Crippen MR) is 83.7 cm³/mol. The summed E-state index contributed by atoms with van der Waals surface area (Å²) in [4.78, 5) is 0. The number of hydrogen-bond donors (Lipinski definition) is 1. The molecule has 0 amide bonds. The van der Waals surface area contributed by atoms with Crippen molar-refractivity contribution >= 4 is 38.3 Å². The first kappa shape index (κ1) is 13.4. The standard InChI is InChI=1S/C16H9BrClFO/c17-12-7-8-13(18)14(15(12)19)11-6-5-9-3-1-2-4-10(9)16(11)20/h1-8,20H. The first-order valence-corrected chi connectivity index (χ1v) is 7.11. The Morgan fingerprint density at radius 1 is 1.00 bits per heavy atom. The maximum atomic E-state index is 14.3. The van der Waals surface area contributed by atoms with E-state index in [0.717, 1.165) is 5.39 Å². The second kappa shape index (κ2) is 5.08. The zero-order valence-electron chi connectivity index (χ0n) is 10.2. The van der Waals surface area contributed by atoms with Crippen molar-refractivity contribution in [3.8, 4) is 16.9 Å². The van der Waals surface area contributed by atoms with Gasteiger partial charge in [-0.15, -0.1) is 0 Å². The summed E-state index contributed by atoms with van der Waals surface area (Å²) in [6.07, 6.45) is 0. The van der Waals surface area contributed by atoms with E-state index in [9.17, 15) is 9.50 Å². The molecule has 0 fully saturated rings. The quantitative estimate of drug-likeness (QED) is 0.552. The molecule has 0 aromatic heterocycles. The van der Waals surface area contributed by atoms with Crippen LogP contribution < -0.4 is 0 Å². The van der Waals surface area contributed by atoms with E-state index in [4.69, 9.17) is 11.6 Å². The normalized spacial score (nSPS) is 10.9. The molecule has 0 heterocycles. The van der Waals surface area contributed by atoms with Gasteiger partial charge in [0.05, 0.1) is 9.50 Å². The van der Waals surface area contributed by atoms with Crippen LogP contribution in [0.3, 0.4) is 0 Å². The smallest absolute Gasteiger partial charge is 0.146 e. The Morgan fingerprint density at radius 3 is 2.55 bits per heavy atom. The van der Waals surface area contributed by atoms with Gasteiger partial charge in [-0.05, 0) is 39.5 Å². The van der Waals surface area contributed by atoms with Crippen molar-refractivity contribution in [2.24, 2.45) is 0 Å². The summed E-state index contributed by atoms with van der Waals surface area (Å²) in [5.74, 6) is -0.454. The lowest BCUT2D eigenvalue weighted by Gasteiger charge is -2.11. The van der Waals surface area contributed by atoms with Crippen molar-refractivity contribution in [2.75, 3.05) is 0 Å². The maximum absolute atomic E-state index is 14.3. The van der Waals surface area contributed by atoms with Gasteiger partial charge in [-0.1, -0.05) is 41.9 Å². The molecular formula is C16H9BrClFO. The third-order valence-corrected chi connectivity index (χ3v) is 4.14. The fourth-order valence-corrected chi connectivity index (χ4v) is 2.81. The van der Waals surface area contributed by atoms with Gasteiger partial charge in [0, 0.05) is 16.5 Å². The molecule has 1 nitrogen and oxygen atoms in total. The lowest BCUT2D eigenvalue weighted by atomic mass is 9.99. The Kier molecular flexibility index (Phi) is 3.40. The predicted octanol–water partition coefficient (Wildman–Crippen LogP) is 5.77. The highest BCUT2D eigenvalue weighted by atomic mass is 79.9. The molecule has 0 aliphatic carbocycles. The topological polar surface area (TPSA) is 20.2 Å². The average molecular weight is 352 g/mol. The summed E-state index contributed by atoms with van der Waals surface area (Å²) in [6, 6.07) is 14.0. The van der Waals surface area contributed by atoms with Crippen LogP contribution in [0.4, 0.5) is 4.39 Å². The third-order valence-electron chi connectivity index (χ3n) is 3.21. The first-order chi connectivity index (χ1) is 9.59. The molecule has 0 spiro atoms. The zero-order valence-corrected chi connectivity index (χ0v) is 12.5. The summed E-state index contributed by atoms with van der Waals surface area (Å²) in [7, 11) is 0. The number of rotatable bonds is 1. The lowest BCUT2D eigenvalue weighted by molar-refractivity contribution is 0.483. The van der Waals surface area contributed by atoms with E-state index in [2.05, 4.69) is 15.9 Å². The molecule has 0 atom stereocenters. The molecule has 0 aliphatic rings. The highest BCUT2D eigenvalue weighted by molar-refractivity contribution is 9.10. The molecule has 3 aromatic rings. The third kappa shape index (κ3) is 2.07. The summed E-state index contributed by atoms with van der Waals surface area (Å²) >= 11 is 9.22. The van der Waals surface area contributed by atoms with Gasteiger partial charge in [-0.2, -0.15) is 0 Å². The Labute approximate surface area is 128 Å². The molecule has 0 saturated heterocycles. The number of fused-ring (bicyclic) bond motifs is 1. The summed E-state index contributed by atoms with van der Waals surface area (Å²) in [5, 5.41) is 12.2. The number of halogens is 3. The average Bonchev–Trinajstić information content (AvgIpc) is 2.46. The van der Waals surface area contributed by atoms with Gasteiger partial charge in [-0.25, -0.2) is 4.39 Å². The molecule has 0 bridgehead atoms. The summed E-state index contributed by atoms with van der Waals surface area (Å²) in [6.45, 7) is 0. The maximum Gasteiger partial charge on any atom is 0.146 e. The summed E-state index contributed by atoms with van der Waals surface area (Å²) < 4.78 is 14.6. The van der Waals surface area contributed by atoms with Gasteiger partial charge in [-0.3, -0.25) is 0 Å². The van der Waals surface area contributed by atoms with Gasteiger partial charge in [0.15, 0.2) is 0 Å². The number of phenols is 1. The SMILES string of the molecule is Oc1c(-c2c(Cl)ccc(Br)c2F)ccc2ccccc12. The van der Waals surface area contributed by atoms with Gasteiger partial charge in [0.2, 0.25) is 0 Å². The van der Waals surface area contributed by atoms with Crippen LogP contribution >= 0.6 is 27.5 Å². The van der Waals surface area contributed by atoms with Crippen LogP contribution in [0.5, 0.6) is 5.75 Å². The van der Waals surface area contributed by atoms with Crippen LogP contribution in [0.2, 0.25) is 5.02 Å². The fraction of sp³-hybridized carbons (Fsp3) is 0. The van der Waals surface area contributed by atoms with Crippen molar-refractivity contribution in [3.05, 3.63) is 63.8 Å². The monoisotopic (exact) mass is 350 g/mol. The van der Waals surface area contributed by atoms with Crippen molar-refractivity contribution in [2.45, 2.75) is 0 Å². The molecule has 0 saturated carbocycles. The van der Waals surface area contributed by atoms with Gasteiger partial charge >= 0.3 is 0 Å². The van der Waals surface area contributed by atoms with E-state index in [-0.39, 0.29) is 16.3 Å². The highest BCUT2D eigenvalue weighted by Gasteiger charge is 2.17. The van der Waals surface area contributed by atoms with E-state index >= 15 is 0 Å². The molecule has 0 radical (unpaired) electrons. The molecule has 1 N–H and O–H groups in total. The van der Waals surface area contributed by atoms with Gasteiger partial charge < -0.3 is 5.11 Å². The molecule has 0 unspecified atom stereocenters. The minimum atomic E-state index is -0.483. The second-order valence-electron chi connectivity index (χ2n) is 4.40. The van der Waals surface area contributed by atoms with E-state index in [0.29, 0.717) is 15.4 Å². The van der Waals surface area contributed by atoms with Crippen LogP contribution in [-0.2, 0) is 0 Å². The lowest BCUT2D eigenvalue weighted by Crippen LogP contribution is -1.89.